The van der Waals surface area contributed by atoms with Crippen LogP contribution in [0.4, 0.5) is 10.1 Å². The smallest absolute Gasteiger partial charge is 0.261 e. The first-order chi connectivity index (χ1) is 21.2. The molecule has 0 saturated heterocycles. The van der Waals surface area contributed by atoms with Crippen LogP contribution in [0.1, 0.15) is 56.7 Å². The number of hydrogen-bond donors (Lipinski definition) is 1. The molecule has 2 heterocycles. The van der Waals surface area contributed by atoms with Crippen LogP contribution in [0.2, 0.25) is 0 Å². The number of benzene rings is 4. The molecule has 0 radical (unpaired) electrons. The molecule has 0 aromatic heterocycles. The topological polar surface area (TPSA) is 79.0 Å². The summed E-state index contributed by atoms with van der Waals surface area (Å²) in [6.45, 7) is 1.36. The maximum absolute atomic E-state index is 13.8. The van der Waals surface area contributed by atoms with Crippen LogP contribution in [0, 0.1) is 5.82 Å². The summed E-state index contributed by atoms with van der Waals surface area (Å²) in [6.07, 6.45) is 1.68. The average molecular weight is 592 g/mol. The van der Waals surface area contributed by atoms with Gasteiger partial charge in [0.15, 0.2) is 0 Å². The third-order valence-corrected chi connectivity index (χ3v) is 8.38. The van der Waals surface area contributed by atoms with Gasteiger partial charge in [0.2, 0.25) is 5.91 Å². The van der Waals surface area contributed by atoms with Crippen molar-refractivity contribution in [2.24, 2.45) is 0 Å². The molecule has 224 valence electrons. The lowest BCUT2D eigenvalue weighted by atomic mass is 9.81. The molecule has 8 heteroatoms. The molecule has 1 N–H and O–H groups in total. The maximum Gasteiger partial charge on any atom is 0.261 e. The standard InChI is InChI=1S/C36H34FN3O4/c1-39(2)19-6-18-36(27-12-14-28(37)15-13-27)32-16-11-25(21-26(32)23-44-36)24-7-5-8-29(22-24)38-33(41)17-20-40-34(42)30-9-3-4-10-31(30)35(40)43/h3-5,7-16,21-22H,6,17-20,23H2,1-2H3,(H,38,41). The van der Waals surface area contributed by atoms with E-state index in [2.05, 4.69) is 28.4 Å². The van der Waals surface area contributed by atoms with Crippen LogP contribution in [0.15, 0.2) is 91.0 Å². The van der Waals surface area contributed by atoms with Crippen LogP contribution in [0.5, 0.6) is 0 Å². The van der Waals surface area contributed by atoms with Crippen molar-refractivity contribution in [2.45, 2.75) is 31.5 Å². The highest BCUT2D eigenvalue weighted by molar-refractivity contribution is 6.21. The first-order valence-electron chi connectivity index (χ1n) is 14.8. The Hall–Kier alpha value is -4.66. The molecule has 44 heavy (non-hydrogen) atoms. The Morgan fingerprint density at radius 1 is 0.909 bits per heavy atom. The minimum Gasteiger partial charge on any atom is -0.361 e. The second-order valence-electron chi connectivity index (χ2n) is 11.6. The second-order valence-corrected chi connectivity index (χ2v) is 11.6. The zero-order valence-corrected chi connectivity index (χ0v) is 24.8. The second kappa shape index (κ2) is 12.1. The number of carbonyl (C=O) groups is 3. The molecular formula is C36H34FN3O4. The fourth-order valence-electron chi connectivity index (χ4n) is 6.17. The number of rotatable bonds is 10. The Morgan fingerprint density at radius 2 is 1.61 bits per heavy atom. The molecular weight excluding hydrogens is 557 g/mol. The molecule has 3 amide bonds. The lowest BCUT2D eigenvalue weighted by Crippen LogP contribution is -2.32. The van der Waals surface area contributed by atoms with E-state index >= 15 is 0 Å². The van der Waals surface area contributed by atoms with E-state index in [1.54, 1.807) is 24.3 Å². The monoisotopic (exact) mass is 591 g/mol. The number of nitrogens with zero attached hydrogens (tertiary/aromatic N) is 2. The van der Waals surface area contributed by atoms with E-state index < -0.39 is 5.60 Å². The van der Waals surface area contributed by atoms with E-state index in [9.17, 15) is 18.8 Å². The van der Waals surface area contributed by atoms with E-state index in [4.69, 9.17) is 4.74 Å². The van der Waals surface area contributed by atoms with Crippen molar-refractivity contribution in [1.29, 1.82) is 0 Å². The van der Waals surface area contributed by atoms with E-state index in [0.717, 1.165) is 52.1 Å². The molecule has 4 aromatic rings. The van der Waals surface area contributed by atoms with E-state index in [1.807, 2.05) is 50.5 Å². The Balaban J connectivity index is 1.17. The summed E-state index contributed by atoms with van der Waals surface area (Å²) in [5.41, 5.74) is 5.73. The Labute approximate surface area is 256 Å². The fourth-order valence-corrected chi connectivity index (χ4v) is 6.17. The van der Waals surface area contributed by atoms with Gasteiger partial charge in [0.25, 0.3) is 11.8 Å². The summed E-state index contributed by atoms with van der Waals surface area (Å²) in [5, 5.41) is 2.90. The van der Waals surface area contributed by atoms with Gasteiger partial charge in [-0.25, -0.2) is 4.39 Å². The summed E-state index contributed by atoms with van der Waals surface area (Å²) in [4.78, 5) is 41.3. The highest BCUT2D eigenvalue weighted by Crippen LogP contribution is 2.46. The lowest BCUT2D eigenvalue weighted by molar-refractivity contribution is -0.116. The lowest BCUT2D eigenvalue weighted by Gasteiger charge is -2.31. The Kier molecular flexibility index (Phi) is 8.12. The van der Waals surface area contributed by atoms with E-state index in [1.165, 1.54) is 12.1 Å². The fraction of sp³-hybridized carbons (Fsp3) is 0.250. The number of hydrogen-bond acceptors (Lipinski definition) is 5. The van der Waals surface area contributed by atoms with Gasteiger partial charge in [0, 0.05) is 18.7 Å². The SMILES string of the molecule is CN(C)CCCC1(c2ccc(F)cc2)OCc2cc(-c3cccc(NC(=O)CCN4C(=O)c5ccccc5C4=O)c3)ccc21. The quantitative estimate of drug-likeness (QED) is 0.221. The Bertz CT molecular complexity index is 1700. The van der Waals surface area contributed by atoms with Crippen molar-refractivity contribution in [3.63, 3.8) is 0 Å². The van der Waals surface area contributed by atoms with Crippen LogP contribution >= 0.6 is 0 Å². The van der Waals surface area contributed by atoms with E-state index in [0.29, 0.717) is 23.4 Å². The molecule has 7 nitrogen and oxygen atoms in total. The predicted octanol–water partition coefficient (Wildman–Crippen LogP) is 6.23. The number of nitrogens with one attached hydrogen (secondary N) is 1. The van der Waals surface area contributed by atoms with Gasteiger partial charge in [-0.1, -0.05) is 48.5 Å². The first-order valence-corrected chi connectivity index (χ1v) is 14.8. The van der Waals surface area contributed by atoms with Gasteiger partial charge >= 0.3 is 0 Å². The van der Waals surface area contributed by atoms with Crippen LogP contribution in [0.25, 0.3) is 11.1 Å². The number of fused-ring (bicyclic) bond motifs is 2. The first kappa shape index (κ1) is 29.4. The number of anilines is 1. The molecule has 4 aromatic carbocycles. The van der Waals surface area contributed by atoms with Crippen molar-refractivity contribution in [1.82, 2.24) is 9.80 Å². The zero-order chi connectivity index (χ0) is 30.8. The minimum absolute atomic E-state index is 0.00699. The molecule has 0 fully saturated rings. The highest BCUT2D eigenvalue weighted by atomic mass is 19.1. The number of halogens is 1. The normalized spacial score (nSPS) is 17.2. The maximum atomic E-state index is 13.8. The van der Waals surface area contributed by atoms with Crippen molar-refractivity contribution in [3.05, 3.63) is 125 Å². The van der Waals surface area contributed by atoms with Crippen LogP contribution < -0.4 is 5.32 Å². The zero-order valence-electron chi connectivity index (χ0n) is 24.8. The number of carbonyl (C=O) groups excluding carboxylic acids is 3. The number of imide groups is 1. The minimum atomic E-state index is -0.646. The molecule has 1 atom stereocenters. The van der Waals surface area contributed by atoms with Gasteiger partial charge in [-0.2, -0.15) is 0 Å². The van der Waals surface area contributed by atoms with Crippen molar-refractivity contribution < 1.29 is 23.5 Å². The molecule has 2 aliphatic heterocycles. The van der Waals surface area contributed by atoms with Crippen LogP contribution in [-0.2, 0) is 21.7 Å². The average Bonchev–Trinajstić information content (AvgIpc) is 3.51. The van der Waals surface area contributed by atoms with Gasteiger partial charge in [-0.05, 0) is 104 Å². The third kappa shape index (κ3) is 5.66. The van der Waals surface area contributed by atoms with Gasteiger partial charge in [-0.15, -0.1) is 0 Å². The van der Waals surface area contributed by atoms with Crippen LogP contribution in [0.3, 0.4) is 0 Å². The predicted molar refractivity (Wildman–Crippen MR) is 167 cm³/mol. The summed E-state index contributed by atoms with van der Waals surface area (Å²) < 4.78 is 20.3. The molecule has 0 spiro atoms. The summed E-state index contributed by atoms with van der Waals surface area (Å²) >= 11 is 0. The Morgan fingerprint density at radius 3 is 2.32 bits per heavy atom. The van der Waals surface area contributed by atoms with Gasteiger partial charge in [0.05, 0.1) is 17.7 Å². The summed E-state index contributed by atoms with van der Waals surface area (Å²) in [5.74, 6) is -1.31. The molecule has 0 aliphatic carbocycles. The summed E-state index contributed by atoms with van der Waals surface area (Å²) in [6, 6.07) is 27.1. The molecule has 6 rings (SSSR count). The van der Waals surface area contributed by atoms with Crippen molar-refractivity contribution in [3.8, 4) is 11.1 Å². The molecule has 2 aliphatic rings. The van der Waals surface area contributed by atoms with Gasteiger partial charge in [0.1, 0.15) is 11.4 Å². The largest absolute Gasteiger partial charge is 0.361 e. The van der Waals surface area contributed by atoms with Crippen LogP contribution in [-0.4, -0.2) is 54.7 Å². The van der Waals surface area contributed by atoms with Crippen molar-refractivity contribution in [2.75, 3.05) is 32.5 Å². The molecule has 0 bridgehead atoms. The van der Waals surface area contributed by atoms with Crippen molar-refractivity contribution >= 4 is 23.4 Å². The molecule has 0 saturated carbocycles. The third-order valence-electron chi connectivity index (χ3n) is 8.38. The highest BCUT2D eigenvalue weighted by Gasteiger charge is 2.41. The van der Waals surface area contributed by atoms with E-state index in [-0.39, 0.29) is 36.5 Å². The number of ether oxygens (including phenoxy) is 1. The summed E-state index contributed by atoms with van der Waals surface area (Å²) in [7, 11) is 4.09. The van der Waals surface area contributed by atoms with Gasteiger partial charge < -0.3 is 15.0 Å². The van der Waals surface area contributed by atoms with Gasteiger partial charge in [-0.3, -0.25) is 19.3 Å². The molecule has 1 unspecified atom stereocenters. The number of amides is 3.